The van der Waals surface area contributed by atoms with E-state index in [0.29, 0.717) is 13.0 Å². The predicted octanol–water partition coefficient (Wildman–Crippen LogP) is 2.98. The molecule has 2 heterocycles. The van der Waals surface area contributed by atoms with Crippen LogP contribution in [0, 0.1) is 5.92 Å². The monoisotopic (exact) mass is 380 g/mol. The number of fused-ring (bicyclic) bond motifs is 1. The van der Waals surface area contributed by atoms with Gasteiger partial charge in [-0.1, -0.05) is 42.5 Å². The van der Waals surface area contributed by atoms with Crippen molar-refractivity contribution in [1.29, 1.82) is 0 Å². The standard InChI is InChI=1S/C23H28N2O3/c26-22(10-12-24-13-15-28-16-14-24)25-11-4-7-19(17-25)23(27)21-9-3-6-18-5-1-2-8-20(18)21/h1-3,5-6,8-9,19H,4,7,10-17H2/t19-/m1/s1. The Kier molecular flexibility index (Phi) is 6.03. The molecule has 0 aromatic heterocycles. The fourth-order valence-corrected chi connectivity index (χ4v) is 4.31. The maximum atomic E-state index is 13.2. The zero-order valence-electron chi connectivity index (χ0n) is 16.3. The molecule has 148 valence electrons. The summed E-state index contributed by atoms with van der Waals surface area (Å²) in [5.74, 6) is 0.233. The van der Waals surface area contributed by atoms with Crippen molar-refractivity contribution in [3.8, 4) is 0 Å². The summed E-state index contributed by atoms with van der Waals surface area (Å²) in [4.78, 5) is 30.1. The van der Waals surface area contributed by atoms with Crippen LogP contribution in [0.25, 0.3) is 10.8 Å². The second kappa shape index (κ2) is 8.84. The highest BCUT2D eigenvalue weighted by Gasteiger charge is 2.29. The number of likely N-dealkylation sites (tertiary alicyclic amines) is 1. The summed E-state index contributed by atoms with van der Waals surface area (Å²) in [6.45, 7) is 5.38. The highest BCUT2D eigenvalue weighted by atomic mass is 16.5. The van der Waals surface area contributed by atoms with Gasteiger partial charge in [0.15, 0.2) is 5.78 Å². The molecule has 0 aliphatic carbocycles. The predicted molar refractivity (Wildman–Crippen MR) is 109 cm³/mol. The maximum absolute atomic E-state index is 13.2. The Morgan fingerprint density at radius 3 is 2.64 bits per heavy atom. The van der Waals surface area contributed by atoms with Gasteiger partial charge in [-0.25, -0.2) is 0 Å². The number of carbonyl (C=O) groups is 2. The van der Waals surface area contributed by atoms with E-state index in [-0.39, 0.29) is 17.6 Å². The zero-order valence-corrected chi connectivity index (χ0v) is 16.3. The molecular formula is C23H28N2O3. The lowest BCUT2D eigenvalue weighted by Crippen LogP contribution is -2.44. The molecule has 2 saturated heterocycles. The van der Waals surface area contributed by atoms with Crippen LogP contribution in [0.3, 0.4) is 0 Å². The molecular weight excluding hydrogens is 352 g/mol. The van der Waals surface area contributed by atoms with Gasteiger partial charge in [0.2, 0.25) is 5.91 Å². The number of nitrogens with zero attached hydrogens (tertiary/aromatic N) is 2. The normalized spacial score (nSPS) is 21.0. The molecule has 0 spiro atoms. The van der Waals surface area contributed by atoms with Crippen molar-refractivity contribution in [2.75, 3.05) is 45.9 Å². The van der Waals surface area contributed by atoms with Crippen molar-refractivity contribution in [2.45, 2.75) is 19.3 Å². The number of carbonyl (C=O) groups excluding carboxylic acids is 2. The van der Waals surface area contributed by atoms with E-state index in [1.807, 2.05) is 47.4 Å². The third kappa shape index (κ3) is 4.26. The zero-order chi connectivity index (χ0) is 19.3. The molecule has 4 rings (SSSR count). The summed E-state index contributed by atoms with van der Waals surface area (Å²) in [7, 11) is 0. The van der Waals surface area contributed by atoms with Gasteiger partial charge >= 0.3 is 0 Å². The third-order valence-corrected chi connectivity index (χ3v) is 5.95. The molecule has 5 nitrogen and oxygen atoms in total. The molecule has 0 unspecified atom stereocenters. The van der Waals surface area contributed by atoms with E-state index in [4.69, 9.17) is 4.74 Å². The van der Waals surface area contributed by atoms with Crippen LogP contribution in [0.5, 0.6) is 0 Å². The lowest BCUT2D eigenvalue weighted by Gasteiger charge is -2.33. The van der Waals surface area contributed by atoms with Gasteiger partial charge in [-0.15, -0.1) is 0 Å². The van der Waals surface area contributed by atoms with Crippen LogP contribution in [0.1, 0.15) is 29.6 Å². The van der Waals surface area contributed by atoms with Gasteiger partial charge in [-0.3, -0.25) is 14.5 Å². The smallest absolute Gasteiger partial charge is 0.223 e. The topological polar surface area (TPSA) is 49.9 Å². The van der Waals surface area contributed by atoms with E-state index in [1.165, 1.54) is 0 Å². The van der Waals surface area contributed by atoms with E-state index in [9.17, 15) is 9.59 Å². The van der Waals surface area contributed by atoms with Crippen molar-refractivity contribution >= 4 is 22.5 Å². The number of hydrogen-bond acceptors (Lipinski definition) is 4. The number of rotatable bonds is 5. The molecule has 1 amide bonds. The number of hydrogen-bond donors (Lipinski definition) is 0. The fraction of sp³-hybridized carbons (Fsp3) is 0.478. The van der Waals surface area contributed by atoms with Gasteiger partial charge in [-0.05, 0) is 23.6 Å². The molecule has 5 heteroatoms. The van der Waals surface area contributed by atoms with Crippen LogP contribution in [-0.4, -0.2) is 67.4 Å². The number of piperidine rings is 1. The Morgan fingerprint density at radius 2 is 1.79 bits per heavy atom. The Hall–Kier alpha value is -2.24. The van der Waals surface area contributed by atoms with Crippen LogP contribution < -0.4 is 0 Å². The van der Waals surface area contributed by atoms with Crippen LogP contribution >= 0.6 is 0 Å². The van der Waals surface area contributed by atoms with Crippen LogP contribution in [-0.2, 0) is 9.53 Å². The Labute approximate surface area is 166 Å². The molecule has 28 heavy (non-hydrogen) atoms. The lowest BCUT2D eigenvalue weighted by atomic mass is 9.88. The summed E-state index contributed by atoms with van der Waals surface area (Å²) in [6, 6.07) is 13.9. The van der Waals surface area contributed by atoms with Crippen molar-refractivity contribution in [3.63, 3.8) is 0 Å². The van der Waals surface area contributed by atoms with Gasteiger partial charge in [0.1, 0.15) is 0 Å². The first-order chi connectivity index (χ1) is 13.7. The van der Waals surface area contributed by atoms with E-state index < -0.39 is 0 Å². The van der Waals surface area contributed by atoms with E-state index in [1.54, 1.807) is 0 Å². The number of ketones is 1. The molecule has 2 aliphatic rings. The van der Waals surface area contributed by atoms with Crippen molar-refractivity contribution in [2.24, 2.45) is 5.92 Å². The highest BCUT2D eigenvalue weighted by molar-refractivity contribution is 6.09. The van der Waals surface area contributed by atoms with Gasteiger partial charge in [-0.2, -0.15) is 0 Å². The summed E-state index contributed by atoms with van der Waals surface area (Å²) < 4.78 is 5.36. The van der Waals surface area contributed by atoms with Crippen molar-refractivity contribution < 1.29 is 14.3 Å². The van der Waals surface area contributed by atoms with Gasteiger partial charge in [0, 0.05) is 50.6 Å². The Morgan fingerprint density at radius 1 is 1.00 bits per heavy atom. The van der Waals surface area contributed by atoms with Gasteiger partial charge in [0.25, 0.3) is 0 Å². The lowest BCUT2D eigenvalue weighted by molar-refractivity contribution is -0.133. The molecule has 2 aliphatic heterocycles. The first-order valence-corrected chi connectivity index (χ1v) is 10.3. The molecule has 0 bridgehead atoms. The third-order valence-electron chi connectivity index (χ3n) is 5.95. The summed E-state index contributed by atoms with van der Waals surface area (Å²) in [5.41, 5.74) is 0.783. The molecule has 0 saturated carbocycles. The van der Waals surface area contributed by atoms with Crippen LogP contribution in [0.4, 0.5) is 0 Å². The number of benzene rings is 2. The van der Waals surface area contributed by atoms with Crippen molar-refractivity contribution in [3.05, 3.63) is 48.0 Å². The SMILES string of the molecule is O=C(c1cccc2ccccc12)[C@@H]1CCCN(C(=O)CCN2CCOCC2)C1. The highest BCUT2D eigenvalue weighted by Crippen LogP contribution is 2.26. The van der Waals surface area contributed by atoms with Gasteiger partial charge in [0.05, 0.1) is 13.2 Å². The second-order valence-corrected chi connectivity index (χ2v) is 7.77. The first kappa shape index (κ1) is 19.1. The summed E-state index contributed by atoms with van der Waals surface area (Å²) >= 11 is 0. The number of morpholine rings is 1. The van der Waals surface area contributed by atoms with E-state index >= 15 is 0 Å². The van der Waals surface area contributed by atoms with E-state index in [0.717, 1.165) is 68.6 Å². The second-order valence-electron chi connectivity index (χ2n) is 7.77. The summed E-state index contributed by atoms with van der Waals surface area (Å²) in [5, 5.41) is 2.09. The number of ether oxygens (including phenoxy) is 1. The molecule has 2 aromatic carbocycles. The van der Waals surface area contributed by atoms with Crippen molar-refractivity contribution in [1.82, 2.24) is 9.80 Å². The quantitative estimate of drug-likeness (QED) is 0.749. The number of Topliss-reactive ketones (excluding diaryl/α,β-unsaturated/α-hetero) is 1. The first-order valence-electron chi connectivity index (χ1n) is 10.3. The Bertz CT molecular complexity index is 839. The largest absolute Gasteiger partial charge is 0.379 e. The fourth-order valence-electron chi connectivity index (χ4n) is 4.31. The van der Waals surface area contributed by atoms with Crippen LogP contribution in [0.2, 0.25) is 0 Å². The minimum absolute atomic E-state index is 0.105. The van der Waals surface area contributed by atoms with Gasteiger partial charge < -0.3 is 9.64 Å². The molecule has 2 aromatic rings. The summed E-state index contributed by atoms with van der Waals surface area (Å²) in [6.07, 6.45) is 2.27. The van der Waals surface area contributed by atoms with Crippen LogP contribution in [0.15, 0.2) is 42.5 Å². The molecule has 2 fully saturated rings. The average molecular weight is 380 g/mol. The minimum atomic E-state index is -0.105. The minimum Gasteiger partial charge on any atom is -0.379 e. The molecule has 0 radical (unpaired) electrons. The maximum Gasteiger partial charge on any atom is 0.223 e. The molecule has 0 N–H and O–H groups in total. The van der Waals surface area contributed by atoms with E-state index in [2.05, 4.69) is 4.90 Å². The Balaban J connectivity index is 1.40. The average Bonchev–Trinajstić information content (AvgIpc) is 2.77. The number of amides is 1. The molecule has 1 atom stereocenters.